The van der Waals surface area contributed by atoms with E-state index in [1.165, 1.54) is 12.4 Å². The summed E-state index contributed by atoms with van der Waals surface area (Å²) < 4.78 is 14.4. The van der Waals surface area contributed by atoms with Gasteiger partial charge in [0.15, 0.2) is 5.65 Å². The Morgan fingerprint density at radius 2 is 2.21 bits per heavy atom. The molecule has 0 saturated heterocycles. The van der Waals surface area contributed by atoms with E-state index >= 15 is 0 Å². The van der Waals surface area contributed by atoms with Crippen molar-refractivity contribution in [1.82, 2.24) is 14.4 Å². The van der Waals surface area contributed by atoms with Crippen molar-refractivity contribution in [3.8, 4) is 0 Å². The van der Waals surface area contributed by atoms with Crippen molar-refractivity contribution in [2.24, 2.45) is 5.92 Å². The first kappa shape index (κ1) is 9.12. The number of fused-ring (bicyclic) bond motifs is 1. The van der Waals surface area contributed by atoms with Gasteiger partial charge < -0.3 is 4.40 Å². The van der Waals surface area contributed by atoms with Crippen molar-refractivity contribution in [3.05, 3.63) is 30.2 Å². The minimum absolute atomic E-state index is 0.481. The Hall–Kier alpha value is -1.45. The number of hydrogen-bond acceptors (Lipinski definition) is 2. The van der Waals surface area contributed by atoms with Gasteiger partial charge in [0.2, 0.25) is 5.95 Å². The van der Waals surface area contributed by atoms with E-state index in [1.54, 1.807) is 4.40 Å². The quantitative estimate of drug-likeness (QED) is 0.730. The Bertz CT molecular complexity index is 448. The summed E-state index contributed by atoms with van der Waals surface area (Å²) >= 11 is 0. The number of halogens is 1. The normalized spacial score (nSPS) is 11.4. The van der Waals surface area contributed by atoms with Crippen LogP contribution in [0.15, 0.2) is 18.6 Å². The van der Waals surface area contributed by atoms with Crippen LogP contribution in [-0.4, -0.2) is 14.4 Å². The summed E-state index contributed by atoms with van der Waals surface area (Å²) in [4.78, 5) is 7.88. The van der Waals surface area contributed by atoms with E-state index in [0.29, 0.717) is 11.6 Å². The molecule has 2 aromatic rings. The van der Waals surface area contributed by atoms with Crippen LogP contribution in [0.3, 0.4) is 0 Å². The Morgan fingerprint density at radius 1 is 1.43 bits per heavy atom. The molecule has 0 N–H and O–H groups in total. The van der Waals surface area contributed by atoms with E-state index < -0.39 is 5.95 Å². The zero-order chi connectivity index (χ0) is 10.1. The summed E-state index contributed by atoms with van der Waals surface area (Å²) in [6, 6.07) is 0. The highest BCUT2D eigenvalue weighted by atomic mass is 19.1. The highest BCUT2D eigenvalue weighted by Gasteiger charge is 2.04. The second kappa shape index (κ2) is 3.36. The average Bonchev–Trinajstić information content (AvgIpc) is 2.44. The fourth-order valence-electron chi connectivity index (χ4n) is 1.44. The Morgan fingerprint density at radius 3 is 2.93 bits per heavy atom. The van der Waals surface area contributed by atoms with Crippen molar-refractivity contribution in [2.45, 2.75) is 20.3 Å². The molecule has 0 amide bonds. The molecule has 74 valence electrons. The van der Waals surface area contributed by atoms with Gasteiger partial charge in [-0.15, -0.1) is 0 Å². The van der Waals surface area contributed by atoms with Gasteiger partial charge in [-0.2, -0.15) is 4.39 Å². The van der Waals surface area contributed by atoms with Crippen molar-refractivity contribution in [3.63, 3.8) is 0 Å². The third-order valence-electron chi connectivity index (χ3n) is 1.98. The zero-order valence-corrected chi connectivity index (χ0v) is 8.24. The van der Waals surface area contributed by atoms with Crippen LogP contribution >= 0.6 is 0 Å². The lowest BCUT2D eigenvalue weighted by Crippen LogP contribution is -1.93. The third kappa shape index (κ3) is 1.73. The molecule has 0 atom stereocenters. The first-order valence-corrected chi connectivity index (χ1v) is 4.64. The molecule has 0 bridgehead atoms. The predicted octanol–water partition coefficient (Wildman–Crippen LogP) is 2.07. The molecule has 14 heavy (non-hydrogen) atoms. The first-order chi connectivity index (χ1) is 6.65. The second-order valence-electron chi connectivity index (χ2n) is 3.81. The Kier molecular flexibility index (Phi) is 2.19. The lowest BCUT2D eigenvalue weighted by atomic mass is 10.1. The summed E-state index contributed by atoms with van der Waals surface area (Å²) in [5.41, 5.74) is 1.68. The van der Waals surface area contributed by atoms with Crippen LogP contribution in [0.2, 0.25) is 0 Å². The molecule has 0 saturated carbocycles. The largest absolute Gasteiger partial charge is 0.301 e. The standard InChI is InChI=1S/C10H12FN3/c1-7(2)3-8-5-14-6-9(11)12-4-10(14)13-8/h4-7H,3H2,1-2H3. The van der Waals surface area contributed by atoms with Crippen LogP contribution in [-0.2, 0) is 6.42 Å². The van der Waals surface area contributed by atoms with Crippen LogP contribution in [0, 0.1) is 11.9 Å². The molecular formula is C10H12FN3. The van der Waals surface area contributed by atoms with Gasteiger partial charge in [-0.3, -0.25) is 0 Å². The van der Waals surface area contributed by atoms with Gasteiger partial charge in [-0.1, -0.05) is 13.8 Å². The van der Waals surface area contributed by atoms with Crippen molar-refractivity contribution in [2.75, 3.05) is 0 Å². The molecule has 0 aromatic carbocycles. The van der Waals surface area contributed by atoms with Crippen LogP contribution < -0.4 is 0 Å². The van der Waals surface area contributed by atoms with Crippen molar-refractivity contribution >= 4 is 5.65 Å². The summed E-state index contributed by atoms with van der Waals surface area (Å²) in [6.07, 6.45) is 5.54. The predicted molar refractivity (Wildman–Crippen MR) is 51.5 cm³/mol. The summed E-state index contributed by atoms with van der Waals surface area (Å²) in [6.45, 7) is 4.26. The third-order valence-corrected chi connectivity index (χ3v) is 1.98. The molecule has 0 radical (unpaired) electrons. The van der Waals surface area contributed by atoms with Crippen LogP contribution in [0.5, 0.6) is 0 Å². The summed E-state index contributed by atoms with van der Waals surface area (Å²) in [5, 5.41) is 0. The SMILES string of the molecule is CC(C)Cc1cn2cc(F)ncc2n1. The molecule has 2 aromatic heterocycles. The van der Waals surface area contributed by atoms with Gasteiger partial charge in [0.05, 0.1) is 18.1 Å². The van der Waals surface area contributed by atoms with Gasteiger partial charge in [-0.05, 0) is 12.3 Å². The Labute approximate surface area is 81.6 Å². The number of aromatic nitrogens is 3. The molecule has 3 nitrogen and oxygen atoms in total. The zero-order valence-electron chi connectivity index (χ0n) is 8.24. The van der Waals surface area contributed by atoms with E-state index in [4.69, 9.17) is 0 Å². The van der Waals surface area contributed by atoms with E-state index in [2.05, 4.69) is 23.8 Å². The smallest absolute Gasteiger partial charge is 0.229 e. The maximum Gasteiger partial charge on any atom is 0.229 e. The number of hydrogen-bond donors (Lipinski definition) is 0. The van der Waals surface area contributed by atoms with Crippen LogP contribution in [0.25, 0.3) is 5.65 Å². The fraction of sp³-hybridized carbons (Fsp3) is 0.400. The molecule has 0 aliphatic heterocycles. The van der Waals surface area contributed by atoms with E-state index in [0.717, 1.165) is 12.1 Å². The van der Waals surface area contributed by atoms with E-state index in [9.17, 15) is 4.39 Å². The van der Waals surface area contributed by atoms with Gasteiger partial charge in [0.25, 0.3) is 0 Å². The lowest BCUT2D eigenvalue weighted by molar-refractivity contribution is 0.575. The molecule has 0 unspecified atom stereocenters. The van der Waals surface area contributed by atoms with E-state index in [-0.39, 0.29) is 0 Å². The molecule has 0 aliphatic carbocycles. The molecule has 2 rings (SSSR count). The topological polar surface area (TPSA) is 30.2 Å². The number of rotatable bonds is 2. The van der Waals surface area contributed by atoms with Gasteiger partial charge >= 0.3 is 0 Å². The highest BCUT2D eigenvalue weighted by molar-refractivity contribution is 5.36. The summed E-state index contributed by atoms with van der Waals surface area (Å²) in [5.74, 6) is 0.0729. The number of nitrogens with zero attached hydrogens (tertiary/aromatic N) is 3. The number of imidazole rings is 1. The van der Waals surface area contributed by atoms with Crippen LogP contribution in [0.4, 0.5) is 4.39 Å². The van der Waals surface area contributed by atoms with Gasteiger partial charge in [0.1, 0.15) is 0 Å². The van der Waals surface area contributed by atoms with Gasteiger partial charge in [-0.25, -0.2) is 9.97 Å². The maximum atomic E-state index is 12.7. The first-order valence-electron chi connectivity index (χ1n) is 4.64. The molecule has 0 fully saturated rings. The monoisotopic (exact) mass is 193 g/mol. The molecule has 0 aliphatic rings. The molecule has 2 heterocycles. The van der Waals surface area contributed by atoms with Crippen molar-refractivity contribution in [1.29, 1.82) is 0 Å². The molecule has 0 spiro atoms. The van der Waals surface area contributed by atoms with Crippen LogP contribution in [0.1, 0.15) is 19.5 Å². The summed E-state index contributed by atoms with van der Waals surface area (Å²) in [7, 11) is 0. The fourth-order valence-corrected chi connectivity index (χ4v) is 1.44. The minimum Gasteiger partial charge on any atom is -0.301 e. The molecular weight excluding hydrogens is 181 g/mol. The van der Waals surface area contributed by atoms with Gasteiger partial charge in [0, 0.05) is 6.20 Å². The van der Waals surface area contributed by atoms with Crippen molar-refractivity contribution < 1.29 is 4.39 Å². The highest BCUT2D eigenvalue weighted by Crippen LogP contribution is 2.09. The average molecular weight is 193 g/mol. The molecule has 4 heteroatoms. The Balaban J connectivity index is 2.41. The second-order valence-corrected chi connectivity index (χ2v) is 3.81. The van der Waals surface area contributed by atoms with E-state index in [1.807, 2.05) is 6.20 Å². The lowest BCUT2D eigenvalue weighted by Gasteiger charge is -1.97. The maximum absolute atomic E-state index is 12.7. The minimum atomic E-state index is -0.481.